The first kappa shape index (κ1) is 19.0. The van der Waals surface area contributed by atoms with Gasteiger partial charge in [0.2, 0.25) is 5.89 Å². The molecule has 0 spiro atoms. The van der Waals surface area contributed by atoms with Gasteiger partial charge in [-0.05, 0) is 31.2 Å². The summed E-state index contributed by atoms with van der Waals surface area (Å²) < 4.78 is 17.4. The molecule has 2 aromatic heterocycles. The molecular formula is C20H18N4O4S. The first-order valence-electron chi connectivity index (χ1n) is 8.77. The molecule has 0 fully saturated rings. The highest BCUT2D eigenvalue weighted by Gasteiger charge is 2.16. The number of fused-ring (bicyclic) bond motifs is 1. The van der Waals surface area contributed by atoms with Crippen molar-refractivity contribution in [2.45, 2.75) is 17.8 Å². The summed E-state index contributed by atoms with van der Waals surface area (Å²) in [6, 6.07) is 12.5. The van der Waals surface area contributed by atoms with Crippen molar-refractivity contribution in [2.24, 2.45) is 0 Å². The number of aryl methyl sites for hydroxylation is 1. The van der Waals surface area contributed by atoms with Crippen LogP contribution in [0.25, 0.3) is 16.6 Å². The van der Waals surface area contributed by atoms with E-state index in [0.717, 1.165) is 0 Å². The molecule has 0 unspecified atom stereocenters. The Morgan fingerprint density at radius 3 is 2.59 bits per heavy atom. The lowest BCUT2D eigenvalue weighted by Gasteiger charge is -2.15. The Labute approximate surface area is 170 Å². The van der Waals surface area contributed by atoms with Crippen molar-refractivity contribution in [1.29, 1.82) is 0 Å². The maximum absolute atomic E-state index is 13.3. The van der Waals surface area contributed by atoms with Crippen LogP contribution in [-0.2, 0) is 5.75 Å². The van der Waals surface area contributed by atoms with E-state index < -0.39 is 0 Å². The van der Waals surface area contributed by atoms with E-state index in [9.17, 15) is 4.79 Å². The number of methoxy groups -OCH3 is 2. The number of nitrogens with zero attached hydrogens (tertiary/aromatic N) is 4. The lowest BCUT2D eigenvalue weighted by atomic mass is 10.2. The van der Waals surface area contributed by atoms with Crippen molar-refractivity contribution in [3.05, 3.63) is 64.5 Å². The Morgan fingerprint density at radius 2 is 1.86 bits per heavy atom. The quantitative estimate of drug-likeness (QED) is 0.353. The first-order chi connectivity index (χ1) is 14.1. The molecule has 0 aliphatic carbocycles. The van der Waals surface area contributed by atoms with Crippen LogP contribution >= 0.6 is 11.8 Å². The van der Waals surface area contributed by atoms with E-state index in [1.54, 1.807) is 50.0 Å². The van der Waals surface area contributed by atoms with E-state index in [1.807, 2.05) is 18.2 Å². The standard InChI is InChI=1S/C20H18N4O4S/c1-12-21-18(28-23-12)11-29-20-22-15-7-5-4-6-14(15)19(25)24(20)13-8-9-16(26-2)17(10-13)27-3/h4-10H,11H2,1-3H3. The lowest BCUT2D eigenvalue weighted by Crippen LogP contribution is -2.21. The minimum atomic E-state index is -0.174. The molecule has 4 aromatic rings. The molecule has 8 nitrogen and oxygen atoms in total. The molecule has 9 heteroatoms. The molecular weight excluding hydrogens is 392 g/mol. The fraction of sp³-hybridized carbons (Fsp3) is 0.200. The largest absolute Gasteiger partial charge is 0.493 e. The number of benzene rings is 2. The maximum atomic E-state index is 13.3. The monoisotopic (exact) mass is 410 g/mol. The Bertz CT molecular complexity index is 1230. The molecule has 0 saturated carbocycles. The molecule has 0 saturated heterocycles. The normalized spacial score (nSPS) is 11.0. The SMILES string of the molecule is COc1ccc(-n2c(SCc3nc(C)no3)nc3ccccc3c2=O)cc1OC. The zero-order valence-corrected chi connectivity index (χ0v) is 16.9. The lowest BCUT2D eigenvalue weighted by molar-refractivity contribution is 0.354. The van der Waals surface area contributed by atoms with Gasteiger partial charge in [0.05, 0.1) is 36.6 Å². The predicted molar refractivity (Wildman–Crippen MR) is 109 cm³/mol. The average molecular weight is 410 g/mol. The van der Waals surface area contributed by atoms with Crippen LogP contribution in [0.1, 0.15) is 11.7 Å². The molecule has 29 heavy (non-hydrogen) atoms. The first-order valence-corrected chi connectivity index (χ1v) is 9.75. The number of rotatable bonds is 6. The van der Waals surface area contributed by atoms with E-state index in [4.69, 9.17) is 19.0 Å². The Hall–Kier alpha value is -3.33. The van der Waals surface area contributed by atoms with E-state index >= 15 is 0 Å². The van der Waals surface area contributed by atoms with Crippen molar-refractivity contribution in [3.63, 3.8) is 0 Å². The maximum Gasteiger partial charge on any atom is 0.266 e. The highest BCUT2D eigenvalue weighted by Crippen LogP contribution is 2.31. The van der Waals surface area contributed by atoms with Crippen LogP contribution in [0.15, 0.2) is 56.9 Å². The summed E-state index contributed by atoms with van der Waals surface area (Å²) >= 11 is 1.34. The van der Waals surface area contributed by atoms with Gasteiger partial charge in [-0.2, -0.15) is 4.98 Å². The van der Waals surface area contributed by atoms with Gasteiger partial charge in [-0.25, -0.2) is 4.98 Å². The van der Waals surface area contributed by atoms with Gasteiger partial charge in [0.25, 0.3) is 5.56 Å². The third kappa shape index (κ3) is 3.68. The van der Waals surface area contributed by atoms with Crippen molar-refractivity contribution in [3.8, 4) is 17.2 Å². The van der Waals surface area contributed by atoms with Gasteiger partial charge in [-0.3, -0.25) is 9.36 Å². The zero-order chi connectivity index (χ0) is 20.4. The van der Waals surface area contributed by atoms with Gasteiger partial charge in [-0.1, -0.05) is 29.1 Å². The topological polar surface area (TPSA) is 92.3 Å². The molecule has 0 amide bonds. The summed E-state index contributed by atoms with van der Waals surface area (Å²) in [5.41, 5.74) is 1.07. The summed E-state index contributed by atoms with van der Waals surface area (Å²) in [7, 11) is 3.12. The third-order valence-corrected chi connectivity index (χ3v) is 5.19. The van der Waals surface area contributed by atoms with Crippen LogP contribution < -0.4 is 15.0 Å². The van der Waals surface area contributed by atoms with Crippen LogP contribution in [0, 0.1) is 6.92 Å². The Balaban J connectivity index is 1.86. The smallest absolute Gasteiger partial charge is 0.266 e. The van der Waals surface area contributed by atoms with Crippen molar-refractivity contribution < 1.29 is 14.0 Å². The zero-order valence-electron chi connectivity index (χ0n) is 16.1. The summed E-state index contributed by atoms with van der Waals surface area (Å²) in [4.78, 5) is 22.2. The number of aromatic nitrogens is 4. The van der Waals surface area contributed by atoms with Crippen molar-refractivity contribution in [2.75, 3.05) is 14.2 Å². The third-order valence-electron chi connectivity index (χ3n) is 4.26. The summed E-state index contributed by atoms with van der Waals surface area (Å²) in [5.74, 6) is 2.51. The fourth-order valence-electron chi connectivity index (χ4n) is 2.93. The van der Waals surface area contributed by atoms with Crippen molar-refractivity contribution in [1.82, 2.24) is 19.7 Å². The molecule has 2 heterocycles. The molecule has 0 radical (unpaired) electrons. The second-order valence-corrected chi connectivity index (χ2v) is 7.06. The number of ether oxygens (including phenoxy) is 2. The van der Waals surface area contributed by atoms with Crippen molar-refractivity contribution >= 4 is 22.7 Å². The highest BCUT2D eigenvalue weighted by atomic mass is 32.2. The van der Waals surface area contributed by atoms with Gasteiger partial charge in [0, 0.05) is 6.07 Å². The molecule has 4 rings (SSSR count). The predicted octanol–water partition coefficient (Wildman–Crippen LogP) is 3.39. The van der Waals surface area contributed by atoms with Crippen LogP contribution in [-0.4, -0.2) is 33.9 Å². The molecule has 2 aromatic carbocycles. The van der Waals surface area contributed by atoms with E-state index in [2.05, 4.69) is 10.1 Å². The van der Waals surface area contributed by atoms with Gasteiger partial charge in [-0.15, -0.1) is 0 Å². The second-order valence-electron chi connectivity index (χ2n) is 6.12. The molecule has 0 aliphatic heterocycles. The minimum Gasteiger partial charge on any atom is -0.493 e. The number of thioether (sulfide) groups is 1. The Kier molecular flexibility index (Phi) is 5.22. The average Bonchev–Trinajstić information content (AvgIpc) is 3.17. The van der Waals surface area contributed by atoms with Crippen LogP contribution in [0.5, 0.6) is 11.5 Å². The van der Waals surface area contributed by atoms with Gasteiger partial charge < -0.3 is 14.0 Å². The van der Waals surface area contributed by atoms with Gasteiger partial charge >= 0.3 is 0 Å². The molecule has 0 aliphatic rings. The summed E-state index contributed by atoms with van der Waals surface area (Å²) in [5, 5.41) is 4.84. The second kappa shape index (κ2) is 7.96. The Morgan fingerprint density at radius 1 is 1.07 bits per heavy atom. The molecule has 0 atom stereocenters. The van der Waals surface area contributed by atoms with Crippen LogP contribution in [0.3, 0.4) is 0 Å². The van der Waals surface area contributed by atoms with Crippen LogP contribution in [0.4, 0.5) is 0 Å². The summed E-state index contributed by atoms with van der Waals surface area (Å²) in [6.07, 6.45) is 0. The van der Waals surface area contributed by atoms with Gasteiger partial charge in [0.1, 0.15) is 0 Å². The molecule has 0 N–H and O–H groups in total. The number of para-hydroxylation sites is 1. The number of hydrogen-bond donors (Lipinski definition) is 0. The van der Waals surface area contributed by atoms with Gasteiger partial charge in [0.15, 0.2) is 22.5 Å². The molecule has 0 bridgehead atoms. The summed E-state index contributed by atoms with van der Waals surface area (Å²) in [6.45, 7) is 1.76. The highest BCUT2D eigenvalue weighted by molar-refractivity contribution is 7.98. The minimum absolute atomic E-state index is 0.174. The van der Waals surface area contributed by atoms with Crippen LogP contribution in [0.2, 0.25) is 0 Å². The van der Waals surface area contributed by atoms with E-state index in [1.165, 1.54) is 11.8 Å². The van der Waals surface area contributed by atoms with E-state index in [-0.39, 0.29) is 5.56 Å². The number of hydrogen-bond acceptors (Lipinski definition) is 8. The van der Waals surface area contributed by atoms with E-state index in [0.29, 0.717) is 50.7 Å². The molecule has 148 valence electrons. The fourth-order valence-corrected chi connectivity index (χ4v) is 3.78.